The van der Waals surface area contributed by atoms with E-state index in [1.807, 2.05) is 0 Å². The van der Waals surface area contributed by atoms with Crippen molar-refractivity contribution < 1.29 is 19.1 Å². The highest BCUT2D eigenvalue weighted by Crippen LogP contribution is 2.30. The number of carbonyl (C=O) groups excluding carboxylic acids is 3. The fourth-order valence-electron chi connectivity index (χ4n) is 3.61. The SMILES string of the molecule is O=C(CCCCC1CCCCC1)Oc1ccc(C=C2SC(=O)NC2=O)c(Cl)c1. The van der Waals surface area contributed by atoms with Gasteiger partial charge in [0, 0.05) is 12.5 Å². The van der Waals surface area contributed by atoms with Gasteiger partial charge in [-0.3, -0.25) is 19.7 Å². The van der Waals surface area contributed by atoms with Crippen molar-refractivity contribution in [2.45, 2.75) is 57.8 Å². The number of hydrogen-bond acceptors (Lipinski definition) is 5. The molecule has 1 aliphatic heterocycles. The van der Waals surface area contributed by atoms with Crippen LogP contribution in [0.3, 0.4) is 0 Å². The lowest BCUT2D eigenvalue weighted by Crippen LogP contribution is -2.17. The molecule has 0 aromatic heterocycles. The number of imide groups is 1. The molecule has 2 aliphatic rings. The highest BCUT2D eigenvalue weighted by molar-refractivity contribution is 8.18. The van der Waals surface area contributed by atoms with Crippen LogP contribution in [-0.2, 0) is 9.59 Å². The molecular weight excluding hydrogens is 398 g/mol. The minimum absolute atomic E-state index is 0.262. The number of ether oxygens (including phenoxy) is 1. The van der Waals surface area contributed by atoms with E-state index in [4.69, 9.17) is 16.3 Å². The quantitative estimate of drug-likeness (QED) is 0.264. The second-order valence-electron chi connectivity index (χ2n) is 7.26. The van der Waals surface area contributed by atoms with Gasteiger partial charge in [0.05, 0.1) is 9.93 Å². The molecule has 1 saturated carbocycles. The van der Waals surface area contributed by atoms with Crippen molar-refractivity contribution in [3.05, 3.63) is 33.7 Å². The molecule has 1 aliphatic carbocycles. The predicted octanol–water partition coefficient (Wildman–Crippen LogP) is 5.71. The van der Waals surface area contributed by atoms with Crippen LogP contribution in [0.4, 0.5) is 4.79 Å². The van der Waals surface area contributed by atoms with E-state index in [9.17, 15) is 14.4 Å². The Bertz CT molecular complexity index is 787. The topological polar surface area (TPSA) is 72.5 Å². The molecular formula is C21H24ClNO4S. The zero-order valence-corrected chi connectivity index (χ0v) is 17.2. The first-order valence-electron chi connectivity index (χ1n) is 9.76. The van der Waals surface area contributed by atoms with Gasteiger partial charge in [0.2, 0.25) is 0 Å². The van der Waals surface area contributed by atoms with Gasteiger partial charge in [0.1, 0.15) is 5.75 Å². The van der Waals surface area contributed by atoms with Crippen LogP contribution in [0.1, 0.15) is 63.4 Å². The van der Waals surface area contributed by atoms with E-state index in [2.05, 4.69) is 5.32 Å². The van der Waals surface area contributed by atoms with E-state index >= 15 is 0 Å². The fourth-order valence-corrected chi connectivity index (χ4v) is 4.51. The molecule has 2 amide bonds. The molecule has 1 heterocycles. The molecule has 3 rings (SSSR count). The Kier molecular flexibility index (Phi) is 7.57. The van der Waals surface area contributed by atoms with Gasteiger partial charge in [0.15, 0.2) is 0 Å². The summed E-state index contributed by atoms with van der Waals surface area (Å²) in [5.41, 5.74) is 0.585. The maximum absolute atomic E-state index is 12.0. The van der Waals surface area contributed by atoms with Gasteiger partial charge in [-0.1, -0.05) is 56.5 Å². The first kappa shape index (κ1) is 20.9. The van der Waals surface area contributed by atoms with Crippen molar-refractivity contribution in [3.63, 3.8) is 0 Å². The largest absolute Gasteiger partial charge is 0.426 e. The number of amides is 2. The smallest absolute Gasteiger partial charge is 0.311 e. The third kappa shape index (κ3) is 6.11. The van der Waals surface area contributed by atoms with Gasteiger partial charge in [-0.2, -0.15) is 0 Å². The van der Waals surface area contributed by atoms with Crippen molar-refractivity contribution in [2.24, 2.45) is 5.92 Å². The average Bonchev–Trinajstić information content (AvgIpc) is 2.99. The Labute approximate surface area is 174 Å². The van der Waals surface area contributed by atoms with Gasteiger partial charge in [-0.15, -0.1) is 0 Å². The Morgan fingerprint density at radius 3 is 2.68 bits per heavy atom. The molecule has 1 aromatic carbocycles. The second kappa shape index (κ2) is 10.1. The van der Waals surface area contributed by atoms with Crippen LogP contribution in [0, 0.1) is 5.92 Å². The summed E-state index contributed by atoms with van der Waals surface area (Å²) in [6, 6.07) is 4.85. The molecule has 0 bridgehead atoms. The minimum atomic E-state index is -0.435. The lowest BCUT2D eigenvalue weighted by molar-refractivity contribution is -0.134. The van der Waals surface area contributed by atoms with Crippen molar-refractivity contribution in [1.82, 2.24) is 5.32 Å². The summed E-state index contributed by atoms with van der Waals surface area (Å²) in [7, 11) is 0. The molecule has 0 unspecified atom stereocenters. The van der Waals surface area contributed by atoms with E-state index in [0.717, 1.165) is 30.5 Å². The molecule has 1 aromatic rings. The molecule has 0 atom stereocenters. The number of halogens is 1. The Morgan fingerprint density at radius 2 is 2.00 bits per heavy atom. The van der Waals surface area contributed by atoms with Crippen molar-refractivity contribution in [3.8, 4) is 5.75 Å². The molecule has 150 valence electrons. The number of nitrogens with one attached hydrogen (secondary N) is 1. The predicted molar refractivity (Wildman–Crippen MR) is 111 cm³/mol. The number of thioether (sulfide) groups is 1. The minimum Gasteiger partial charge on any atom is -0.426 e. The van der Waals surface area contributed by atoms with Gasteiger partial charge in [-0.05, 0) is 47.9 Å². The fraction of sp³-hybridized carbons (Fsp3) is 0.476. The summed E-state index contributed by atoms with van der Waals surface area (Å²) >= 11 is 7.06. The lowest BCUT2D eigenvalue weighted by atomic mass is 9.86. The van der Waals surface area contributed by atoms with Crippen molar-refractivity contribution in [2.75, 3.05) is 0 Å². The Hall–Kier alpha value is -1.79. The zero-order chi connectivity index (χ0) is 19.9. The highest BCUT2D eigenvalue weighted by Gasteiger charge is 2.25. The maximum atomic E-state index is 12.0. The zero-order valence-electron chi connectivity index (χ0n) is 15.7. The third-order valence-corrected chi connectivity index (χ3v) is 6.24. The highest BCUT2D eigenvalue weighted by atomic mass is 35.5. The summed E-state index contributed by atoms with van der Waals surface area (Å²) in [6.07, 6.45) is 11.8. The number of rotatable bonds is 7. The first-order chi connectivity index (χ1) is 13.5. The van der Waals surface area contributed by atoms with Crippen LogP contribution in [-0.4, -0.2) is 17.1 Å². The second-order valence-corrected chi connectivity index (χ2v) is 8.68. The van der Waals surface area contributed by atoms with Gasteiger partial charge >= 0.3 is 5.97 Å². The van der Waals surface area contributed by atoms with Crippen molar-refractivity contribution >= 4 is 46.6 Å². The van der Waals surface area contributed by atoms with Crippen LogP contribution >= 0.6 is 23.4 Å². The van der Waals surface area contributed by atoms with E-state index in [-0.39, 0.29) is 10.9 Å². The number of unbranched alkanes of at least 4 members (excludes halogenated alkanes) is 1. The molecule has 2 fully saturated rings. The Morgan fingerprint density at radius 1 is 1.21 bits per heavy atom. The molecule has 28 heavy (non-hydrogen) atoms. The van der Waals surface area contributed by atoms with Crippen LogP contribution in [0.2, 0.25) is 5.02 Å². The molecule has 5 nitrogen and oxygen atoms in total. The van der Waals surface area contributed by atoms with Crippen LogP contribution < -0.4 is 10.1 Å². The third-order valence-electron chi connectivity index (χ3n) is 5.10. The lowest BCUT2D eigenvalue weighted by Gasteiger charge is -2.21. The maximum Gasteiger partial charge on any atom is 0.311 e. The summed E-state index contributed by atoms with van der Waals surface area (Å²) in [4.78, 5) is 35.2. The normalized spacial score (nSPS) is 19.1. The van der Waals surface area contributed by atoms with Crippen LogP contribution in [0.15, 0.2) is 23.1 Å². The average molecular weight is 422 g/mol. The van der Waals surface area contributed by atoms with Gasteiger partial charge < -0.3 is 4.74 Å². The standard InChI is InChI=1S/C21H24ClNO4S/c22-17-13-16(11-10-15(17)12-18-20(25)23-21(26)28-18)27-19(24)9-5-4-8-14-6-2-1-3-7-14/h10-14H,1-9H2,(H,23,25,26). The number of hydrogen-bond donors (Lipinski definition) is 1. The van der Waals surface area contributed by atoms with E-state index in [1.54, 1.807) is 24.3 Å². The van der Waals surface area contributed by atoms with Gasteiger partial charge in [0.25, 0.3) is 11.1 Å². The first-order valence-corrected chi connectivity index (χ1v) is 11.0. The van der Waals surface area contributed by atoms with Crippen LogP contribution in [0.5, 0.6) is 5.75 Å². The molecule has 0 radical (unpaired) electrons. The molecule has 1 saturated heterocycles. The summed E-state index contributed by atoms with van der Waals surface area (Å²) in [5.74, 6) is 0.515. The summed E-state index contributed by atoms with van der Waals surface area (Å²) in [5, 5.41) is 2.14. The van der Waals surface area contributed by atoms with Crippen molar-refractivity contribution in [1.29, 1.82) is 0 Å². The number of carbonyl (C=O) groups is 3. The Balaban J connectivity index is 1.46. The van der Waals surface area contributed by atoms with Gasteiger partial charge in [-0.25, -0.2) is 0 Å². The van der Waals surface area contributed by atoms with E-state index in [1.165, 1.54) is 38.5 Å². The number of esters is 1. The molecule has 1 N–H and O–H groups in total. The summed E-state index contributed by atoms with van der Waals surface area (Å²) in [6.45, 7) is 0. The molecule has 7 heteroatoms. The monoisotopic (exact) mass is 421 g/mol. The van der Waals surface area contributed by atoms with E-state index in [0.29, 0.717) is 22.8 Å². The summed E-state index contributed by atoms with van der Waals surface area (Å²) < 4.78 is 5.37. The molecule has 0 spiro atoms. The van der Waals surface area contributed by atoms with E-state index < -0.39 is 11.1 Å². The number of benzene rings is 1. The van der Waals surface area contributed by atoms with Crippen LogP contribution in [0.25, 0.3) is 6.08 Å².